The zero-order valence-corrected chi connectivity index (χ0v) is 12.2. The van der Waals surface area contributed by atoms with Gasteiger partial charge in [-0.25, -0.2) is 4.98 Å². The lowest BCUT2D eigenvalue weighted by atomic mass is 10.2. The Balaban J connectivity index is 2.07. The van der Waals surface area contributed by atoms with Crippen LogP contribution >= 0.6 is 0 Å². The summed E-state index contributed by atoms with van der Waals surface area (Å²) in [4.78, 5) is 20.6. The maximum absolute atomic E-state index is 12.4. The van der Waals surface area contributed by atoms with E-state index in [9.17, 15) is 4.79 Å². The first-order valence-electron chi connectivity index (χ1n) is 7.06. The molecule has 1 aliphatic rings. The predicted octanol–water partition coefficient (Wildman–Crippen LogP) is 1.73. The van der Waals surface area contributed by atoms with E-state index in [0.717, 1.165) is 32.1 Å². The molecule has 0 aliphatic carbocycles. The maximum Gasteiger partial charge on any atom is 0.255 e. The molecular formula is C16H21N3O2. The lowest BCUT2D eigenvalue weighted by molar-refractivity contribution is 0.0790. The quantitative estimate of drug-likeness (QED) is 0.748. The number of pyridine rings is 1. The number of rotatable bonds is 6. The first kappa shape index (κ1) is 15.3. The van der Waals surface area contributed by atoms with E-state index in [1.165, 1.54) is 0 Å². The summed E-state index contributed by atoms with van der Waals surface area (Å²) >= 11 is 0. The minimum Gasteiger partial charge on any atom is -0.378 e. The van der Waals surface area contributed by atoms with Gasteiger partial charge in [-0.3, -0.25) is 4.79 Å². The molecule has 0 atom stereocenters. The molecule has 0 bridgehead atoms. The molecule has 0 N–H and O–H groups in total. The van der Waals surface area contributed by atoms with E-state index >= 15 is 0 Å². The van der Waals surface area contributed by atoms with Crippen molar-refractivity contribution in [3.63, 3.8) is 0 Å². The first-order valence-corrected chi connectivity index (χ1v) is 7.06. The molecule has 0 spiro atoms. The largest absolute Gasteiger partial charge is 0.378 e. The predicted molar refractivity (Wildman–Crippen MR) is 83.6 cm³/mol. The SMILES string of the molecule is C=CCN(CC=C)C(=O)c1ccc(N2CCOCC2)nc1. The molecule has 1 aromatic heterocycles. The fourth-order valence-corrected chi connectivity index (χ4v) is 2.23. The molecule has 2 heterocycles. The molecule has 1 aromatic rings. The third-order valence-corrected chi connectivity index (χ3v) is 3.32. The Hall–Kier alpha value is -2.14. The number of ether oxygens (including phenoxy) is 1. The monoisotopic (exact) mass is 287 g/mol. The summed E-state index contributed by atoms with van der Waals surface area (Å²) in [5.74, 6) is 0.824. The van der Waals surface area contributed by atoms with E-state index in [1.54, 1.807) is 23.2 Å². The Kier molecular flexibility index (Phi) is 5.51. The lowest BCUT2D eigenvalue weighted by Gasteiger charge is -2.28. The van der Waals surface area contributed by atoms with Crippen molar-refractivity contribution >= 4 is 11.7 Å². The van der Waals surface area contributed by atoms with Gasteiger partial charge in [0.25, 0.3) is 5.91 Å². The Morgan fingerprint density at radius 3 is 2.48 bits per heavy atom. The molecule has 1 saturated heterocycles. The van der Waals surface area contributed by atoms with Crippen molar-refractivity contribution in [2.24, 2.45) is 0 Å². The molecule has 1 amide bonds. The molecular weight excluding hydrogens is 266 g/mol. The number of carbonyl (C=O) groups is 1. The molecule has 0 unspecified atom stereocenters. The Bertz CT molecular complexity index is 483. The van der Waals surface area contributed by atoms with Crippen molar-refractivity contribution in [3.8, 4) is 0 Å². The van der Waals surface area contributed by atoms with Crippen molar-refractivity contribution in [1.82, 2.24) is 9.88 Å². The highest BCUT2D eigenvalue weighted by atomic mass is 16.5. The third-order valence-electron chi connectivity index (χ3n) is 3.32. The fourth-order valence-electron chi connectivity index (χ4n) is 2.23. The van der Waals surface area contributed by atoms with Gasteiger partial charge < -0.3 is 14.5 Å². The van der Waals surface area contributed by atoms with Gasteiger partial charge in [0.15, 0.2) is 0 Å². The van der Waals surface area contributed by atoms with Gasteiger partial charge >= 0.3 is 0 Å². The molecule has 5 nitrogen and oxygen atoms in total. The number of hydrogen-bond donors (Lipinski definition) is 0. The standard InChI is InChI=1S/C16H21N3O2/c1-3-7-19(8-4-2)16(20)14-5-6-15(17-13-14)18-9-11-21-12-10-18/h3-6,13H,1-2,7-12H2. The van der Waals surface area contributed by atoms with E-state index in [1.807, 2.05) is 12.1 Å². The molecule has 1 fully saturated rings. The summed E-state index contributed by atoms with van der Waals surface area (Å²) in [6, 6.07) is 3.71. The molecule has 0 aromatic carbocycles. The number of aromatic nitrogens is 1. The number of hydrogen-bond acceptors (Lipinski definition) is 4. The van der Waals surface area contributed by atoms with E-state index in [-0.39, 0.29) is 5.91 Å². The summed E-state index contributed by atoms with van der Waals surface area (Å²) < 4.78 is 5.32. The minimum atomic E-state index is -0.0594. The van der Waals surface area contributed by atoms with Gasteiger partial charge in [0.2, 0.25) is 0 Å². The van der Waals surface area contributed by atoms with Crippen molar-refractivity contribution in [2.75, 3.05) is 44.3 Å². The summed E-state index contributed by atoms with van der Waals surface area (Å²) in [7, 11) is 0. The first-order chi connectivity index (χ1) is 10.3. The van der Waals surface area contributed by atoms with E-state index in [0.29, 0.717) is 18.7 Å². The number of carbonyl (C=O) groups excluding carboxylic acids is 1. The van der Waals surface area contributed by atoms with Crippen LogP contribution in [-0.4, -0.2) is 55.2 Å². The fraction of sp³-hybridized carbons (Fsp3) is 0.375. The number of nitrogens with zero attached hydrogens (tertiary/aromatic N) is 3. The van der Waals surface area contributed by atoms with Crippen LogP contribution in [-0.2, 0) is 4.74 Å². The summed E-state index contributed by atoms with van der Waals surface area (Å²) in [5.41, 5.74) is 0.579. The summed E-state index contributed by atoms with van der Waals surface area (Å²) in [5, 5.41) is 0. The van der Waals surface area contributed by atoms with Gasteiger partial charge in [0.1, 0.15) is 5.82 Å². The molecule has 2 rings (SSSR count). The van der Waals surface area contributed by atoms with E-state index in [4.69, 9.17) is 4.74 Å². The number of amides is 1. The second-order valence-corrected chi connectivity index (χ2v) is 4.79. The van der Waals surface area contributed by atoms with Crippen LogP contribution in [0, 0.1) is 0 Å². The summed E-state index contributed by atoms with van der Waals surface area (Å²) in [6.45, 7) is 11.4. The second-order valence-electron chi connectivity index (χ2n) is 4.79. The van der Waals surface area contributed by atoms with Gasteiger partial charge in [-0.05, 0) is 12.1 Å². The topological polar surface area (TPSA) is 45.7 Å². The van der Waals surface area contributed by atoms with Crippen LogP contribution in [0.1, 0.15) is 10.4 Å². The van der Waals surface area contributed by atoms with Gasteiger partial charge in [-0.15, -0.1) is 13.2 Å². The van der Waals surface area contributed by atoms with E-state index in [2.05, 4.69) is 23.0 Å². The van der Waals surface area contributed by atoms with Crippen LogP contribution in [0.3, 0.4) is 0 Å². The smallest absolute Gasteiger partial charge is 0.255 e. The third kappa shape index (κ3) is 3.92. The highest BCUT2D eigenvalue weighted by Gasteiger charge is 2.16. The molecule has 0 radical (unpaired) electrons. The highest BCUT2D eigenvalue weighted by Crippen LogP contribution is 2.14. The normalized spacial score (nSPS) is 14.6. The number of anilines is 1. The Morgan fingerprint density at radius 1 is 1.29 bits per heavy atom. The molecule has 5 heteroatoms. The average molecular weight is 287 g/mol. The minimum absolute atomic E-state index is 0.0594. The molecule has 0 saturated carbocycles. The van der Waals surface area contributed by atoms with Crippen molar-refractivity contribution in [2.45, 2.75) is 0 Å². The zero-order valence-electron chi connectivity index (χ0n) is 12.2. The highest BCUT2D eigenvalue weighted by molar-refractivity contribution is 5.94. The van der Waals surface area contributed by atoms with E-state index < -0.39 is 0 Å². The lowest BCUT2D eigenvalue weighted by Crippen LogP contribution is -2.37. The van der Waals surface area contributed by atoms with Crippen LogP contribution < -0.4 is 4.90 Å². The van der Waals surface area contributed by atoms with Crippen LogP contribution in [0.5, 0.6) is 0 Å². The summed E-state index contributed by atoms with van der Waals surface area (Å²) in [6.07, 6.45) is 5.04. The number of morpholine rings is 1. The zero-order chi connectivity index (χ0) is 15.1. The van der Waals surface area contributed by atoms with Crippen molar-refractivity contribution < 1.29 is 9.53 Å². The van der Waals surface area contributed by atoms with Gasteiger partial charge in [0.05, 0.1) is 18.8 Å². The second kappa shape index (κ2) is 7.59. The molecule has 112 valence electrons. The van der Waals surface area contributed by atoms with Gasteiger partial charge in [-0.1, -0.05) is 12.2 Å². The van der Waals surface area contributed by atoms with Crippen molar-refractivity contribution in [3.05, 3.63) is 49.2 Å². The average Bonchev–Trinajstić information content (AvgIpc) is 2.55. The van der Waals surface area contributed by atoms with Gasteiger partial charge in [0, 0.05) is 32.4 Å². The van der Waals surface area contributed by atoms with Gasteiger partial charge in [-0.2, -0.15) is 0 Å². The van der Waals surface area contributed by atoms with Crippen LogP contribution in [0.25, 0.3) is 0 Å². The Morgan fingerprint density at radius 2 is 1.95 bits per heavy atom. The van der Waals surface area contributed by atoms with Crippen LogP contribution in [0.4, 0.5) is 5.82 Å². The molecule has 21 heavy (non-hydrogen) atoms. The molecule has 1 aliphatic heterocycles. The van der Waals surface area contributed by atoms with Crippen molar-refractivity contribution in [1.29, 1.82) is 0 Å². The van der Waals surface area contributed by atoms with Crippen LogP contribution in [0.2, 0.25) is 0 Å². The van der Waals surface area contributed by atoms with Crippen LogP contribution in [0.15, 0.2) is 43.6 Å². The maximum atomic E-state index is 12.4. The Labute approximate surface area is 125 Å².